The Balaban J connectivity index is 2.20. The highest BCUT2D eigenvalue weighted by Crippen LogP contribution is 2.44. The zero-order chi connectivity index (χ0) is 10.2. The van der Waals surface area contributed by atoms with Gasteiger partial charge in [-0.3, -0.25) is 4.79 Å². The van der Waals surface area contributed by atoms with Crippen molar-refractivity contribution in [2.45, 2.75) is 37.6 Å². The van der Waals surface area contributed by atoms with Gasteiger partial charge in [0.2, 0.25) is 5.91 Å². The molecule has 1 spiro atoms. The molecule has 4 heteroatoms. The summed E-state index contributed by atoms with van der Waals surface area (Å²) in [6.07, 6.45) is 2.20. The molecule has 0 unspecified atom stereocenters. The predicted molar refractivity (Wildman–Crippen MR) is 59.3 cm³/mol. The molecule has 0 saturated carbocycles. The zero-order valence-electron chi connectivity index (χ0n) is 8.88. The average molecular weight is 214 g/mol. The molecule has 0 atom stereocenters. The molecule has 2 heterocycles. The highest BCUT2D eigenvalue weighted by Gasteiger charge is 2.47. The molecule has 14 heavy (non-hydrogen) atoms. The topological polar surface area (TPSA) is 32.3 Å². The fraction of sp³-hybridized carbons (Fsp3) is 0.900. The highest BCUT2D eigenvalue weighted by molar-refractivity contribution is 8.01. The first-order chi connectivity index (χ1) is 6.66. The summed E-state index contributed by atoms with van der Waals surface area (Å²) < 4.78 is 0. The van der Waals surface area contributed by atoms with Gasteiger partial charge in [0.15, 0.2) is 0 Å². The van der Waals surface area contributed by atoms with Gasteiger partial charge in [0.1, 0.15) is 0 Å². The minimum Gasteiger partial charge on any atom is -0.325 e. The molecule has 3 nitrogen and oxygen atoms in total. The molecule has 0 radical (unpaired) electrons. The van der Waals surface area contributed by atoms with Crippen molar-refractivity contribution in [2.24, 2.45) is 0 Å². The third-order valence-electron chi connectivity index (χ3n) is 3.07. The van der Waals surface area contributed by atoms with Crippen LogP contribution in [-0.2, 0) is 4.79 Å². The Bertz CT molecular complexity index is 236. The summed E-state index contributed by atoms with van der Waals surface area (Å²) in [5, 5.41) is 3.36. The van der Waals surface area contributed by atoms with E-state index in [0.717, 1.165) is 25.9 Å². The maximum atomic E-state index is 11.8. The first-order valence-electron chi connectivity index (χ1n) is 5.32. The summed E-state index contributed by atoms with van der Waals surface area (Å²) in [5.74, 6) is 1.00. The third-order valence-corrected chi connectivity index (χ3v) is 4.61. The van der Waals surface area contributed by atoms with Crippen LogP contribution in [0.3, 0.4) is 0 Å². The second-order valence-corrected chi connectivity index (χ2v) is 5.68. The van der Waals surface area contributed by atoms with Gasteiger partial charge in [-0.05, 0) is 39.8 Å². The Labute approximate surface area is 89.6 Å². The van der Waals surface area contributed by atoms with Crippen LogP contribution < -0.4 is 5.32 Å². The molecule has 0 aromatic rings. The normalized spacial score (nSPS) is 26.5. The first kappa shape index (κ1) is 10.3. The van der Waals surface area contributed by atoms with Crippen molar-refractivity contribution in [1.29, 1.82) is 0 Å². The fourth-order valence-corrected chi connectivity index (χ4v) is 4.00. The van der Waals surface area contributed by atoms with Crippen LogP contribution in [0.1, 0.15) is 26.7 Å². The summed E-state index contributed by atoms with van der Waals surface area (Å²) in [5.41, 5.74) is 0. The monoisotopic (exact) mass is 214 g/mol. The van der Waals surface area contributed by atoms with E-state index in [1.54, 1.807) is 0 Å². The molecule has 2 saturated heterocycles. The number of hydrogen-bond donors (Lipinski definition) is 1. The van der Waals surface area contributed by atoms with E-state index < -0.39 is 0 Å². The third kappa shape index (κ3) is 1.54. The maximum Gasteiger partial charge on any atom is 0.234 e. The van der Waals surface area contributed by atoms with Crippen LogP contribution in [0.5, 0.6) is 0 Å². The lowest BCUT2D eigenvalue weighted by molar-refractivity contribution is -0.132. The lowest BCUT2D eigenvalue weighted by Crippen LogP contribution is -2.53. The molecule has 2 fully saturated rings. The fourth-order valence-electron chi connectivity index (χ4n) is 2.52. The van der Waals surface area contributed by atoms with E-state index in [-0.39, 0.29) is 4.87 Å². The van der Waals surface area contributed by atoms with Crippen molar-refractivity contribution in [2.75, 3.05) is 18.8 Å². The quantitative estimate of drug-likeness (QED) is 0.708. The zero-order valence-corrected chi connectivity index (χ0v) is 9.69. The van der Waals surface area contributed by atoms with Gasteiger partial charge in [0.05, 0.1) is 10.6 Å². The second kappa shape index (κ2) is 3.74. The minimum atomic E-state index is 0.122. The Hall–Kier alpha value is -0.220. The standard InChI is InChI=1S/C10H18N2OS/c1-8(2)12-9(13)7-14-10(12)3-5-11-6-4-10/h8,11H,3-7H2,1-2H3. The lowest BCUT2D eigenvalue weighted by atomic mass is 10.0. The first-order valence-corrected chi connectivity index (χ1v) is 6.31. The van der Waals surface area contributed by atoms with Crippen LogP contribution in [0.25, 0.3) is 0 Å². The number of nitrogens with one attached hydrogen (secondary N) is 1. The molecule has 1 N–H and O–H groups in total. The van der Waals surface area contributed by atoms with Gasteiger partial charge >= 0.3 is 0 Å². The number of nitrogens with zero attached hydrogens (tertiary/aromatic N) is 1. The van der Waals surface area contributed by atoms with Gasteiger partial charge in [0, 0.05) is 6.04 Å². The maximum absolute atomic E-state index is 11.8. The van der Waals surface area contributed by atoms with Crippen molar-refractivity contribution >= 4 is 17.7 Å². The molecular formula is C10H18N2OS. The summed E-state index contributed by atoms with van der Waals surface area (Å²) in [4.78, 5) is 14.0. The van der Waals surface area contributed by atoms with Gasteiger partial charge in [-0.1, -0.05) is 0 Å². The Morgan fingerprint density at radius 3 is 2.64 bits per heavy atom. The molecule has 2 aliphatic heterocycles. The Kier molecular flexibility index (Phi) is 2.75. The molecule has 0 aliphatic carbocycles. The highest BCUT2D eigenvalue weighted by atomic mass is 32.2. The summed E-state index contributed by atoms with van der Waals surface area (Å²) >= 11 is 1.85. The number of carbonyl (C=O) groups excluding carboxylic acids is 1. The van der Waals surface area contributed by atoms with E-state index in [0.29, 0.717) is 17.7 Å². The van der Waals surface area contributed by atoms with Crippen molar-refractivity contribution in [3.8, 4) is 0 Å². The Morgan fingerprint density at radius 2 is 2.07 bits per heavy atom. The van der Waals surface area contributed by atoms with Gasteiger partial charge in [0.25, 0.3) is 0 Å². The van der Waals surface area contributed by atoms with E-state index >= 15 is 0 Å². The number of thioether (sulfide) groups is 1. The summed E-state index contributed by atoms with van der Waals surface area (Å²) in [7, 11) is 0. The SMILES string of the molecule is CC(C)N1C(=O)CSC12CCNCC2. The van der Waals surface area contributed by atoms with Crippen LogP contribution in [-0.4, -0.2) is 40.6 Å². The van der Waals surface area contributed by atoms with Crippen LogP contribution in [0.15, 0.2) is 0 Å². The summed E-state index contributed by atoms with van der Waals surface area (Å²) in [6.45, 7) is 6.33. The molecule has 0 aromatic carbocycles. The molecule has 0 bridgehead atoms. The van der Waals surface area contributed by atoms with E-state index in [2.05, 4.69) is 24.1 Å². The molecule has 2 aliphatic rings. The molecular weight excluding hydrogens is 196 g/mol. The van der Waals surface area contributed by atoms with Crippen molar-refractivity contribution in [3.05, 3.63) is 0 Å². The summed E-state index contributed by atoms with van der Waals surface area (Å²) in [6, 6.07) is 0.343. The van der Waals surface area contributed by atoms with Gasteiger partial charge in [-0.25, -0.2) is 0 Å². The predicted octanol–water partition coefficient (Wildman–Crippen LogP) is 1.05. The van der Waals surface area contributed by atoms with Gasteiger partial charge in [-0.15, -0.1) is 11.8 Å². The smallest absolute Gasteiger partial charge is 0.234 e. The number of piperidine rings is 1. The van der Waals surface area contributed by atoms with E-state index in [9.17, 15) is 4.79 Å². The van der Waals surface area contributed by atoms with E-state index in [1.165, 1.54) is 0 Å². The molecule has 2 rings (SSSR count). The average Bonchev–Trinajstić information content (AvgIpc) is 2.45. The Morgan fingerprint density at radius 1 is 1.43 bits per heavy atom. The number of amides is 1. The molecule has 1 amide bonds. The van der Waals surface area contributed by atoms with Crippen LogP contribution in [0.2, 0.25) is 0 Å². The van der Waals surface area contributed by atoms with Gasteiger partial charge < -0.3 is 10.2 Å². The molecule has 0 aromatic heterocycles. The van der Waals surface area contributed by atoms with Crippen LogP contribution in [0, 0.1) is 0 Å². The van der Waals surface area contributed by atoms with E-state index in [1.807, 2.05) is 11.8 Å². The van der Waals surface area contributed by atoms with Crippen molar-refractivity contribution in [1.82, 2.24) is 10.2 Å². The second-order valence-electron chi connectivity index (χ2n) is 4.34. The number of hydrogen-bond acceptors (Lipinski definition) is 3. The largest absolute Gasteiger partial charge is 0.325 e. The molecule has 80 valence electrons. The number of carbonyl (C=O) groups is 1. The minimum absolute atomic E-state index is 0.122. The van der Waals surface area contributed by atoms with Crippen LogP contribution >= 0.6 is 11.8 Å². The lowest BCUT2D eigenvalue weighted by Gasteiger charge is -2.42. The number of rotatable bonds is 1. The van der Waals surface area contributed by atoms with E-state index in [4.69, 9.17) is 0 Å². The van der Waals surface area contributed by atoms with Gasteiger partial charge in [-0.2, -0.15) is 0 Å². The van der Waals surface area contributed by atoms with Crippen LogP contribution in [0.4, 0.5) is 0 Å². The van der Waals surface area contributed by atoms with Crippen molar-refractivity contribution < 1.29 is 4.79 Å². The van der Waals surface area contributed by atoms with Crippen molar-refractivity contribution in [3.63, 3.8) is 0 Å².